The topological polar surface area (TPSA) is 64.1 Å². The van der Waals surface area contributed by atoms with Crippen molar-refractivity contribution in [1.29, 1.82) is 0 Å². The number of anilines is 1. The standard InChI is InChI=1S/C27H35N3O3/c1-4-29(27(32)33)26-16-19(2)30(20(3)31)25-13-12-23(17-24(25)26)22-10-8-21(9-11-22)18-28-14-6-5-7-15-28/h8-13,17,19,26H,4-7,14-16,18H2,1-3H3,(H,32,33). The van der Waals surface area contributed by atoms with E-state index in [0.29, 0.717) is 13.0 Å². The third-order valence-electron chi connectivity index (χ3n) is 7.10. The molecule has 2 heterocycles. The van der Waals surface area contributed by atoms with Crippen LogP contribution in [-0.2, 0) is 11.3 Å². The van der Waals surface area contributed by atoms with E-state index in [2.05, 4.69) is 35.2 Å². The summed E-state index contributed by atoms with van der Waals surface area (Å²) in [7, 11) is 0. The molecule has 4 rings (SSSR count). The van der Waals surface area contributed by atoms with Crippen molar-refractivity contribution in [2.45, 2.75) is 65.1 Å². The first kappa shape index (κ1) is 23.3. The first-order valence-electron chi connectivity index (χ1n) is 12.1. The first-order valence-corrected chi connectivity index (χ1v) is 12.1. The predicted molar refractivity (Wildman–Crippen MR) is 131 cm³/mol. The molecule has 6 heteroatoms. The fraction of sp³-hybridized carbons (Fsp3) is 0.481. The smallest absolute Gasteiger partial charge is 0.407 e. The minimum Gasteiger partial charge on any atom is -0.465 e. The molecule has 0 aliphatic carbocycles. The van der Waals surface area contributed by atoms with Crippen molar-refractivity contribution < 1.29 is 14.7 Å². The van der Waals surface area contributed by atoms with E-state index < -0.39 is 6.09 Å². The van der Waals surface area contributed by atoms with E-state index in [1.807, 2.05) is 26.0 Å². The number of nitrogens with zero attached hydrogens (tertiary/aromatic N) is 3. The number of benzene rings is 2. The van der Waals surface area contributed by atoms with E-state index in [4.69, 9.17) is 0 Å². The number of likely N-dealkylation sites (tertiary alicyclic amines) is 1. The van der Waals surface area contributed by atoms with Gasteiger partial charge in [-0.2, -0.15) is 0 Å². The summed E-state index contributed by atoms with van der Waals surface area (Å²) < 4.78 is 0. The molecule has 0 saturated carbocycles. The Kier molecular flexibility index (Phi) is 7.03. The number of rotatable bonds is 5. The Morgan fingerprint density at radius 2 is 1.70 bits per heavy atom. The molecule has 6 nitrogen and oxygen atoms in total. The maximum Gasteiger partial charge on any atom is 0.407 e. The van der Waals surface area contributed by atoms with E-state index in [9.17, 15) is 14.7 Å². The summed E-state index contributed by atoms with van der Waals surface area (Å²) in [6.07, 6.45) is 3.58. The Morgan fingerprint density at radius 3 is 2.30 bits per heavy atom. The number of hydrogen-bond donors (Lipinski definition) is 1. The minimum absolute atomic E-state index is 0.0182. The van der Waals surface area contributed by atoms with Gasteiger partial charge in [0.2, 0.25) is 5.91 Å². The number of fused-ring (bicyclic) bond motifs is 1. The lowest BCUT2D eigenvalue weighted by molar-refractivity contribution is -0.117. The number of carbonyl (C=O) groups excluding carboxylic acids is 1. The van der Waals surface area contributed by atoms with Crippen LogP contribution in [0.4, 0.5) is 10.5 Å². The molecule has 2 atom stereocenters. The van der Waals surface area contributed by atoms with Crippen LogP contribution in [0, 0.1) is 0 Å². The molecule has 176 valence electrons. The quantitative estimate of drug-likeness (QED) is 0.652. The Bertz CT molecular complexity index is 998. The predicted octanol–water partition coefficient (Wildman–Crippen LogP) is 5.53. The Hall–Kier alpha value is -2.86. The average Bonchev–Trinajstić information content (AvgIpc) is 2.80. The Balaban J connectivity index is 1.65. The molecular weight excluding hydrogens is 414 g/mol. The van der Waals surface area contributed by atoms with Gasteiger partial charge >= 0.3 is 6.09 Å². The van der Waals surface area contributed by atoms with Gasteiger partial charge in [0.05, 0.1) is 6.04 Å². The summed E-state index contributed by atoms with van der Waals surface area (Å²) in [5.74, 6) is -0.0182. The molecule has 0 aromatic heterocycles. The zero-order valence-electron chi connectivity index (χ0n) is 20.0. The summed E-state index contributed by atoms with van der Waals surface area (Å²) in [4.78, 5) is 30.2. The van der Waals surface area contributed by atoms with Crippen molar-refractivity contribution in [3.8, 4) is 11.1 Å². The van der Waals surface area contributed by atoms with Crippen molar-refractivity contribution >= 4 is 17.7 Å². The molecule has 0 bridgehead atoms. The third-order valence-corrected chi connectivity index (χ3v) is 7.10. The molecule has 2 aliphatic heterocycles. The normalized spacial score (nSPS) is 20.9. The average molecular weight is 450 g/mol. The second-order valence-electron chi connectivity index (χ2n) is 9.37. The van der Waals surface area contributed by atoms with Gasteiger partial charge in [-0.25, -0.2) is 4.79 Å². The van der Waals surface area contributed by atoms with Crippen LogP contribution in [0.5, 0.6) is 0 Å². The highest BCUT2D eigenvalue weighted by atomic mass is 16.4. The molecular formula is C27H35N3O3. The number of hydrogen-bond acceptors (Lipinski definition) is 3. The second kappa shape index (κ2) is 9.96. The minimum atomic E-state index is -0.926. The SMILES string of the molecule is CCN(C(=O)O)C1CC(C)N(C(C)=O)c2ccc(-c3ccc(CN4CCCCC4)cc3)cc21. The number of piperidine rings is 1. The number of carbonyl (C=O) groups is 2. The largest absolute Gasteiger partial charge is 0.465 e. The van der Waals surface area contributed by atoms with Gasteiger partial charge in [0.25, 0.3) is 0 Å². The lowest BCUT2D eigenvalue weighted by Crippen LogP contribution is -2.46. The van der Waals surface area contributed by atoms with Crippen LogP contribution in [0.25, 0.3) is 11.1 Å². The van der Waals surface area contributed by atoms with Gasteiger partial charge in [-0.3, -0.25) is 9.69 Å². The molecule has 0 spiro atoms. The van der Waals surface area contributed by atoms with Gasteiger partial charge in [0, 0.05) is 31.7 Å². The molecule has 2 amide bonds. The van der Waals surface area contributed by atoms with Gasteiger partial charge in [-0.05, 0) is 80.6 Å². The maximum absolute atomic E-state index is 12.4. The molecule has 0 radical (unpaired) electrons. The summed E-state index contributed by atoms with van der Waals surface area (Å²) in [5, 5.41) is 9.81. The lowest BCUT2D eigenvalue weighted by Gasteiger charge is -2.42. The molecule has 1 fully saturated rings. The summed E-state index contributed by atoms with van der Waals surface area (Å²) in [5.41, 5.74) is 5.18. The fourth-order valence-corrected chi connectivity index (χ4v) is 5.46. The van der Waals surface area contributed by atoms with Crippen molar-refractivity contribution in [3.05, 3.63) is 53.6 Å². The first-order chi connectivity index (χ1) is 15.9. The summed E-state index contributed by atoms with van der Waals surface area (Å²) >= 11 is 0. The highest BCUT2D eigenvalue weighted by molar-refractivity contribution is 5.94. The van der Waals surface area contributed by atoms with E-state index in [1.54, 1.807) is 11.8 Å². The molecule has 2 aromatic rings. The van der Waals surface area contributed by atoms with Crippen LogP contribution >= 0.6 is 0 Å². The highest BCUT2D eigenvalue weighted by Gasteiger charge is 2.36. The molecule has 33 heavy (non-hydrogen) atoms. The molecule has 2 aromatic carbocycles. The zero-order chi connectivity index (χ0) is 23.5. The fourth-order valence-electron chi connectivity index (χ4n) is 5.46. The van der Waals surface area contributed by atoms with E-state index in [-0.39, 0.29) is 18.0 Å². The summed E-state index contributed by atoms with van der Waals surface area (Å²) in [6, 6.07) is 14.5. The maximum atomic E-state index is 12.4. The number of amides is 2. The van der Waals surface area contributed by atoms with Crippen molar-refractivity contribution in [3.63, 3.8) is 0 Å². The van der Waals surface area contributed by atoms with Gasteiger partial charge in [0.15, 0.2) is 0 Å². The Morgan fingerprint density at radius 1 is 1.03 bits per heavy atom. The van der Waals surface area contributed by atoms with Crippen LogP contribution in [0.2, 0.25) is 0 Å². The zero-order valence-corrected chi connectivity index (χ0v) is 20.0. The third kappa shape index (κ3) is 4.91. The van der Waals surface area contributed by atoms with Gasteiger partial charge in [-0.1, -0.05) is 36.8 Å². The van der Waals surface area contributed by atoms with Gasteiger partial charge < -0.3 is 14.9 Å². The lowest BCUT2D eigenvalue weighted by atomic mass is 9.88. The molecule has 2 unspecified atom stereocenters. The van der Waals surface area contributed by atoms with Crippen LogP contribution < -0.4 is 4.90 Å². The molecule has 1 N–H and O–H groups in total. The van der Waals surface area contributed by atoms with Crippen molar-refractivity contribution in [2.24, 2.45) is 0 Å². The van der Waals surface area contributed by atoms with Gasteiger partial charge in [0.1, 0.15) is 0 Å². The van der Waals surface area contributed by atoms with Gasteiger partial charge in [-0.15, -0.1) is 0 Å². The van der Waals surface area contributed by atoms with Crippen LogP contribution in [-0.4, -0.2) is 52.6 Å². The van der Waals surface area contributed by atoms with E-state index in [0.717, 1.165) is 28.9 Å². The second-order valence-corrected chi connectivity index (χ2v) is 9.37. The highest BCUT2D eigenvalue weighted by Crippen LogP contribution is 2.42. The Labute approximate surface area is 196 Å². The van der Waals surface area contributed by atoms with Crippen molar-refractivity contribution in [1.82, 2.24) is 9.80 Å². The van der Waals surface area contributed by atoms with Crippen LogP contribution in [0.15, 0.2) is 42.5 Å². The van der Waals surface area contributed by atoms with E-state index in [1.165, 1.54) is 42.8 Å². The number of carboxylic acid groups (broad SMARTS) is 1. The van der Waals surface area contributed by atoms with Crippen molar-refractivity contribution in [2.75, 3.05) is 24.5 Å². The van der Waals surface area contributed by atoms with Crippen LogP contribution in [0.1, 0.15) is 63.6 Å². The van der Waals surface area contributed by atoms with Crippen LogP contribution in [0.3, 0.4) is 0 Å². The summed E-state index contributed by atoms with van der Waals surface area (Å²) in [6.45, 7) is 9.17. The monoisotopic (exact) mass is 449 g/mol. The molecule has 1 saturated heterocycles. The molecule has 2 aliphatic rings. The van der Waals surface area contributed by atoms with E-state index >= 15 is 0 Å².